The molecule has 0 aliphatic rings. The number of carbonyl (C=O) groups excluding carboxylic acids is 1. The summed E-state index contributed by atoms with van der Waals surface area (Å²) < 4.78 is 4.58. The van der Waals surface area contributed by atoms with Crippen LogP contribution in [0.1, 0.15) is 27.2 Å². The van der Waals surface area contributed by atoms with Crippen LogP contribution in [-0.4, -0.2) is 22.5 Å². The van der Waals surface area contributed by atoms with Crippen molar-refractivity contribution in [2.75, 3.05) is 0 Å². The van der Waals surface area contributed by atoms with Gasteiger partial charge < -0.3 is 14.9 Å². The predicted molar refractivity (Wildman–Crippen MR) is 42.4 cm³/mol. The van der Waals surface area contributed by atoms with Crippen molar-refractivity contribution in [2.45, 2.75) is 33.5 Å². The van der Waals surface area contributed by atoms with E-state index in [0.717, 1.165) is 6.61 Å². The molecule has 1 atom stereocenters. The molecule has 2 N–H and O–H groups in total. The molecule has 0 rings (SSSR count). The van der Waals surface area contributed by atoms with Crippen LogP contribution in [0.4, 0.5) is 0 Å². The number of rotatable bonds is 3. The van der Waals surface area contributed by atoms with Gasteiger partial charge in [0.25, 0.3) is 0 Å². The second kappa shape index (κ2) is 4.42. The van der Waals surface area contributed by atoms with E-state index in [0.29, 0.717) is 0 Å². The Labute approximate surface area is 72.2 Å². The summed E-state index contributed by atoms with van der Waals surface area (Å²) in [6.45, 7) is 5.81. The molecule has 0 amide bonds. The molecule has 0 spiro atoms. The van der Waals surface area contributed by atoms with E-state index in [9.17, 15) is 4.79 Å². The van der Waals surface area contributed by atoms with Crippen molar-refractivity contribution < 1.29 is 19.7 Å². The van der Waals surface area contributed by atoms with E-state index in [2.05, 4.69) is 4.74 Å². The third kappa shape index (κ3) is 4.31. The molecule has 0 aromatic heterocycles. The van der Waals surface area contributed by atoms with Gasteiger partial charge in [-0.05, 0) is 20.8 Å². The predicted octanol–water partition coefficient (Wildman–Crippen LogP) is 0.818. The Morgan fingerprint density at radius 3 is 2.42 bits per heavy atom. The molecule has 0 fully saturated rings. The minimum Gasteiger partial charge on any atom is -0.435 e. The highest BCUT2D eigenvalue weighted by molar-refractivity contribution is 5.75. The monoisotopic (exact) mass is 175 g/mol. The van der Waals surface area contributed by atoms with Crippen LogP contribution in [0.2, 0.25) is 0 Å². The summed E-state index contributed by atoms with van der Waals surface area (Å²) >= 11 is 0. The Morgan fingerprint density at radius 1 is 1.58 bits per heavy atom. The maximum absolute atomic E-state index is 11.1. The topological polar surface area (TPSA) is 66.8 Å². The first-order valence-corrected chi connectivity index (χ1v) is 3.73. The van der Waals surface area contributed by atoms with E-state index < -0.39 is 17.7 Å². The number of esters is 1. The van der Waals surface area contributed by atoms with Crippen molar-refractivity contribution in [1.29, 1.82) is 0 Å². The quantitative estimate of drug-likeness (QED) is 0.492. The average molecular weight is 175 g/mol. The van der Waals surface area contributed by atoms with E-state index in [1.54, 1.807) is 20.8 Å². The first kappa shape index (κ1) is 11.4. The van der Waals surface area contributed by atoms with Gasteiger partial charge in [0.1, 0.15) is 0 Å². The molecule has 1 unspecified atom stereocenters. The van der Waals surface area contributed by atoms with E-state index in [-0.39, 0.29) is 6.42 Å². The Kier molecular flexibility index (Phi) is 4.20. The zero-order valence-electron chi connectivity index (χ0n) is 7.57. The lowest BCUT2D eigenvalue weighted by Crippen LogP contribution is -2.28. The van der Waals surface area contributed by atoms with Crippen molar-refractivity contribution in [3.63, 3.8) is 0 Å². The molecule has 71 valence electrons. The third-order valence-corrected chi connectivity index (χ3v) is 1.16. The summed E-state index contributed by atoms with van der Waals surface area (Å²) in [6, 6.07) is 0. The normalized spacial score (nSPS) is 14.1. The molecule has 0 saturated heterocycles. The van der Waals surface area contributed by atoms with E-state index in [4.69, 9.17) is 10.2 Å². The number of carbonyl (C=O) groups is 1. The standard InChI is InChI=1S/C8H15O4/c1-8(2,3)7(11)12-6(10)4-5-9/h5-6,9-10H,4H2,1-3H3. The zero-order chi connectivity index (χ0) is 9.78. The molecule has 1 radical (unpaired) electrons. The minimum atomic E-state index is -1.25. The van der Waals surface area contributed by atoms with Crippen LogP contribution in [0.25, 0.3) is 0 Å². The number of hydrogen-bond acceptors (Lipinski definition) is 4. The molecular weight excluding hydrogens is 160 g/mol. The fourth-order valence-corrected chi connectivity index (χ4v) is 0.439. The number of aliphatic hydroxyl groups excluding tert-OH is 2. The van der Waals surface area contributed by atoms with Gasteiger partial charge in [-0.3, -0.25) is 4.79 Å². The smallest absolute Gasteiger partial charge is 0.313 e. The third-order valence-electron chi connectivity index (χ3n) is 1.16. The molecule has 12 heavy (non-hydrogen) atoms. The fraction of sp³-hybridized carbons (Fsp3) is 0.750. The van der Waals surface area contributed by atoms with Crippen LogP contribution >= 0.6 is 0 Å². The van der Waals surface area contributed by atoms with E-state index in [1.165, 1.54) is 0 Å². The zero-order valence-corrected chi connectivity index (χ0v) is 7.57. The second-order valence-corrected chi connectivity index (χ2v) is 3.53. The van der Waals surface area contributed by atoms with Crippen LogP contribution in [0.3, 0.4) is 0 Å². The van der Waals surface area contributed by atoms with Gasteiger partial charge >= 0.3 is 5.97 Å². The lowest BCUT2D eigenvalue weighted by Gasteiger charge is -2.19. The lowest BCUT2D eigenvalue weighted by atomic mass is 9.97. The molecule has 0 heterocycles. The minimum absolute atomic E-state index is 0.0676. The van der Waals surface area contributed by atoms with Crippen LogP contribution < -0.4 is 0 Å². The van der Waals surface area contributed by atoms with Crippen molar-refractivity contribution in [2.24, 2.45) is 5.41 Å². The van der Waals surface area contributed by atoms with Gasteiger partial charge in [0.2, 0.25) is 6.29 Å². The molecule has 0 aliphatic carbocycles. The highest BCUT2D eigenvalue weighted by Gasteiger charge is 2.25. The molecule has 0 bridgehead atoms. The highest BCUT2D eigenvalue weighted by atomic mass is 16.6. The van der Waals surface area contributed by atoms with Gasteiger partial charge in [-0.2, -0.15) is 0 Å². The molecular formula is C8H15O4. The Balaban J connectivity index is 3.85. The summed E-state index contributed by atoms with van der Waals surface area (Å²) in [5.41, 5.74) is -0.629. The molecule has 0 aliphatic heterocycles. The van der Waals surface area contributed by atoms with E-state index in [1.807, 2.05) is 0 Å². The Morgan fingerprint density at radius 2 is 2.08 bits per heavy atom. The lowest BCUT2D eigenvalue weighted by molar-refractivity contribution is -0.177. The molecule has 0 saturated carbocycles. The maximum atomic E-state index is 11.1. The fourth-order valence-electron chi connectivity index (χ4n) is 0.439. The van der Waals surface area contributed by atoms with Gasteiger partial charge in [-0.25, -0.2) is 0 Å². The summed E-state index contributed by atoms with van der Waals surface area (Å²) in [6.07, 6.45) is -1.32. The van der Waals surface area contributed by atoms with Crippen LogP contribution in [0.15, 0.2) is 0 Å². The summed E-state index contributed by atoms with van der Waals surface area (Å²) in [7, 11) is 0. The Hall–Kier alpha value is -0.610. The summed E-state index contributed by atoms with van der Waals surface area (Å²) in [5, 5.41) is 17.2. The van der Waals surface area contributed by atoms with Crippen molar-refractivity contribution >= 4 is 5.97 Å². The van der Waals surface area contributed by atoms with Crippen LogP contribution in [0, 0.1) is 12.0 Å². The first-order valence-electron chi connectivity index (χ1n) is 3.73. The molecule has 0 aromatic carbocycles. The Bertz CT molecular complexity index is 148. The summed E-state index contributed by atoms with van der Waals surface area (Å²) in [5.74, 6) is -0.489. The first-order chi connectivity index (χ1) is 5.38. The van der Waals surface area contributed by atoms with Gasteiger partial charge in [-0.15, -0.1) is 0 Å². The van der Waals surface area contributed by atoms with Crippen molar-refractivity contribution in [3.8, 4) is 0 Å². The average Bonchev–Trinajstić information content (AvgIpc) is 1.85. The SMILES string of the molecule is CC(C)(C)C(=O)OC(O)C[CH]O. The number of hydrogen-bond donors (Lipinski definition) is 2. The van der Waals surface area contributed by atoms with Crippen LogP contribution in [-0.2, 0) is 9.53 Å². The largest absolute Gasteiger partial charge is 0.435 e. The molecule has 0 aromatic rings. The number of ether oxygens (including phenoxy) is 1. The van der Waals surface area contributed by atoms with Crippen LogP contribution in [0.5, 0.6) is 0 Å². The van der Waals surface area contributed by atoms with E-state index >= 15 is 0 Å². The summed E-state index contributed by atoms with van der Waals surface area (Å²) in [4.78, 5) is 11.1. The molecule has 4 nitrogen and oxygen atoms in total. The molecule has 4 heteroatoms. The van der Waals surface area contributed by atoms with Gasteiger partial charge in [-0.1, -0.05) is 0 Å². The van der Waals surface area contributed by atoms with Crippen molar-refractivity contribution in [1.82, 2.24) is 0 Å². The maximum Gasteiger partial charge on any atom is 0.313 e. The van der Waals surface area contributed by atoms with Crippen molar-refractivity contribution in [3.05, 3.63) is 6.61 Å². The highest BCUT2D eigenvalue weighted by Crippen LogP contribution is 2.16. The van der Waals surface area contributed by atoms with Gasteiger partial charge in [0.15, 0.2) is 0 Å². The van der Waals surface area contributed by atoms with Gasteiger partial charge in [0.05, 0.1) is 12.0 Å². The second-order valence-electron chi connectivity index (χ2n) is 3.53. The number of aliphatic hydroxyl groups is 2. The van der Waals surface area contributed by atoms with Gasteiger partial charge in [0, 0.05) is 6.42 Å².